The normalized spacial score (nSPS) is 23.8. The van der Waals surface area contributed by atoms with Gasteiger partial charge < -0.3 is 5.32 Å². The topological polar surface area (TPSA) is 12.0 Å². The lowest BCUT2D eigenvalue weighted by Gasteiger charge is -2.20. The van der Waals surface area contributed by atoms with Crippen molar-refractivity contribution >= 4 is 0 Å². The summed E-state index contributed by atoms with van der Waals surface area (Å²) in [6, 6.07) is 7.46. The fourth-order valence-electron chi connectivity index (χ4n) is 2.63. The van der Waals surface area contributed by atoms with Crippen molar-refractivity contribution < 1.29 is 0 Å². The summed E-state index contributed by atoms with van der Waals surface area (Å²) < 4.78 is 0. The van der Waals surface area contributed by atoms with Crippen LogP contribution >= 0.6 is 0 Å². The Kier molecular flexibility index (Phi) is 3.34. The van der Waals surface area contributed by atoms with Crippen molar-refractivity contribution in [2.24, 2.45) is 11.8 Å². The maximum absolute atomic E-state index is 3.71. The zero-order valence-corrected chi connectivity index (χ0v) is 10.9. The number of nitrogens with one attached hydrogen (secondary N) is 1. The molecule has 0 fully saturated rings. The molecular weight excluding hydrogens is 194 g/mol. The second kappa shape index (κ2) is 4.58. The largest absolute Gasteiger partial charge is 0.309 e. The number of fused-ring (bicyclic) bond motifs is 1. The van der Waals surface area contributed by atoms with Crippen molar-refractivity contribution in [3.8, 4) is 0 Å². The summed E-state index contributed by atoms with van der Waals surface area (Å²) in [5, 5.41) is 3.71. The molecule has 0 aromatic heterocycles. The van der Waals surface area contributed by atoms with Crippen LogP contribution in [0, 0.1) is 18.8 Å². The maximum Gasteiger partial charge on any atom is 0.0352 e. The first-order chi connectivity index (χ1) is 7.58. The molecule has 2 unspecified atom stereocenters. The third-order valence-corrected chi connectivity index (χ3v) is 3.49. The predicted octanol–water partition coefficient (Wildman–Crippen LogP) is 3.47. The minimum absolute atomic E-state index is 0.567. The van der Waals surface area contributed by atoms with E-state index in [1.54, 1.807) is 5.56 Å². The Morgan fingerprint density at radius 2 is 2.12 bits per heavy atom. The SMILES string of the molecule is Cc1ccc2c(c1)C(NCC(C)C)C(C)C2. The molecule has 0 saturated carbocycles. The van der Waals surface area contributed by atoms with Crippen molar-refractivity contribution in [2.75, 3.05) is 6.54 Å². The molecule has 0 bridgehead atoms. The van der Waals surface area contributed by atoms with E-state index >= 15 is 0 Å². The zero-order chi connectivity index (χ0) is 11.7. The standard InChI is InChI=1S/C15H23N/c1-10(2)9-16-15-12(4)8-13-6-5-11(3)7-14(13)15/h5-7,10,12,15-16H,8-9H2,1-4H3. The minimum atomic E-state index is 0.567. The fourth-order valence-corrected chi connectivity index (χ4v) is 2.63. The number of hydrogen-bond donors (Lipinski definition) is 1. The molecule has 0 radical (unpaired) electrons. The average molecular weight is 217 g/mol. The first-order valence-electron chi connectivity index (χ1n) is 6.40. The molecule has 1 N–H and O–H groups in total. The Bertz CT molecular complexity index is 368. The molecule has 0 saturated heterocycles. The highest BCUT2D eigenvalue weighted by atomic mass is 14.9. The highest BCUT2D eigenvalue weighted by Gasteiger charge is 2.28. The van der Waals surface area contributed by atoms with E-state index < -0.39 is 0 Å². The van der Waals surface area contributed by atoms with Gasteiger partial charge in [0, 0.05) is 6.04 Å². The van der Waals surface area contributed by atoms with Crippen LogP contribution in [-0.4, -0.2) is 6.54 Å². The first-order valence-corrected chi connectivity index (χ1v) is 6.40. The van der Waals surface area contributed by atoms with Gasteiger partial charge in [-0.25, -0.2) is 0 Å². The van der Waals surface area contributed by atoms with Gasteiger partial charge in [0.15, 0.2) is 0 Å². The molecule has 1 aliphatic rings. The Hall–Kier alpha value is -0.820. The van der Waals surface area contributed by atoms with Crippen LogP contribution in [-0.2, 0) is 6.42 Å². The van der Waals surface area contributed by atoms with E-state index in [9.17, 15) is 0 Å². The lowest BCUT2D eigenvalue weighted by Crippen LogP contribution is -2.27. The lowest BCUT2D eigenvalue weighted by molar-refractivity contribution is 0.392. The number of rotatable bonds is 3. The Labute approximate surface area is 99.3 Å². The fraction of sp³-hybridized carbons (Fsp3) is 0.600. The molecule has 1 aromatic carbocycles. The summed E-state index contributed by atoms with van der Waals surface area (Å²) in [5.74, 6) is 1.46. The number of benzene rings is 1. The summed E-state index contributed by atoms with van der Waals surface area (Å²) in [5.41, 5.74) is 4.46. The van der Waals surface area contributed by atoms with Crippen LogP contribution in [0.3, 0.4) is 0 Å². The van der Waals surface area contributed by atoms with E-state index in [1.165, 1.54) is 17.5 Å². The van der Waals surface area contributed by atoms with Gasteiger partial charge in [-0.05, 0) is 42.9 Å². The molecule has 88 valence electrons. The van der Waals surface area contributed by atoms with E-state index in [4.69, 9.17) is 0 Å². The second-order valence-electron chi connectivity index (χ2n) is 5.66. The molecule has 0 aliphatic heterocycles. The molecule has 0 amide bonds. The van der Waals surface area contributed by atoms with E-state index in [-0.39, 0.29) is 0 Å². The van der Waals surface area contributed by atoms with Crippen LogP contribution in [0.25, 0.3) is 0 Å². The van der Waals surface area contributed by atoms with Crippen molar-refractivity contribution in [3.05, 3.63) is 34.9 Å². The molecule has 1 nitrogen and oxygen atoms in total. The van der Waals surface area contributed by atoms with Gasteiger partial charge >= 0.3 is 0 Å². The van der Waals surface area contributed by atoms with Crippen molar-refractivity contribution in [2.45, 2.75) is 40.2 Å². The van der Waals surface area contributed by atoms with Crippen molar-refractivity contribution in [3.63, 3.8) is 0 Å². The van der Waals surface area contributed by atoms with E-state index in [0.29, 0.717) is 6.04 Å². The van der Waals surface area contributed by atoms with Crippen LogP contribution in [0.15, 0.2) is 18.2 Å². The molecule has 1 aliphatic carbocycles. The van der Waals surface area contributed by atoms with E-state index in [2.05, 4.69) is 51.2 Å². The van der Waals surface area contributed by atoms with Crippen molar-refractivity contribution in [1.82, 2.24) is 5.32 Å². The van der Waals surface area contributed by atoms with Gasteiger partial charge in [-0.2, -0.15) is 0 Å². The quantitative estimate of drug-likeness (QED) is 0.817. The summed E-state index contributed by atoms with van der Waals surface area (Å²) in [6.45, 7) is 10.2. The molecule has 2 rings (SSSR count). The van der Waals surface area contributed by atoms with Gasteiger partial charge in [-0.15, -0.1) is 0 Å². The van der Waals surface area contributed by atoms with Crippen LogP contribution < -0.4 is 5.32 Å². The summed E-state index contributed by atoms with van der Waals surface area (Å²) in [6.07, 6.45) is 1.23. The van der Waals surface area contributed by atoms with Gasteiger partial charge in [0.2, 0.25) is 0 Å². The summed E-state index contributed by atoms with van der Waals surface area (Å²) in [4.78, 5) is 0. The van der Waals surface area contributed by atoms with Gasteiger partial charge in [0.05, 0.1) is 0 Å². The first kappa shape index (κ1) is 11.7. The molecule has 16 heavy (non-hydrogen) atoms. The smallest absolute Gasteiger partial charge is 0.0352 e. The Morgan fingerprint density at radius 1 is 1.38 bits per heavy atom. The Morgan fingerprint density at radius 3 is 2.81 bits per heavy atom. The Balaban J connectivity index is 2.18. The molecule has 1 heteroatoms. The van der Waals surface area contributed by atoms with E-state index in [0.717, 1.165) is 18.4 Å². The molecular formula is C15H23N. The molecule has 2 atom stereocenters. The van der Waals surface area contributed by atoms with Gasteiger partial charge in [0.1, 0.15) is 0 Å². The molecule has 1 aromatic rings. The minimum Gasteiger partial charge on any atom is -0.309 e. The summed E-state index contributed by atoms with van der Waals surface area (Å²) in [7, 11) is 0. The predicted molar refractivity (Wildman–Crippen MR) is 69.6 cm³/mol. The average Bonchev–Trinajstić information content (AvgIpc) is 2.51. The van der Waals surface area contributed by atoms with Crippen LogP contribution in [0.1, 0.15) is 43.5 Å². The monoisotopic (exact) mass is 217 g/mol. The number of aryl methyl sites for hydroxylation is 1. The van der Waals surface area contributed by atoms with E-state index in [1.807, 2.05) is 0 Å². The third kappa shape index (κ3) is 2.30. The third-order valence-electron chi connectivity index (χ3n) is 3.49. The highest BCUT2D eigenvalue weighted by molar-refractivity contribution is 5.38. The van der Waals surface area contributed by atoms with Crippen LogP contribution in [0.2, 0.25) is 0 Å². The van der Waals surface area contributed by atoms with Crippen LogP contribution in [0.5, 0.6) is 0 Å². The molecule has 0 spiro atoms. The maximum atomic E-state index is 3.71. The summed E-state index contributed by atoms with van der Waals surface area (Å²) >= 11 is 0. The van der Waals surface area contributed by atoms with Crippen molar-refractivity contribution in [1.29, 1.82) is 0 Å². The molecule has 0 heterocycles. The van der Waals surface area contributed by atoms with Gasteiger partial charge in [-0.1, -0.05) is 44.5 Å². The highest BCUT2D eigenvalue weighted by Crippen LogP contribution is 2.36. The van der Waals surface area contributed by atoms with Crippen LogP contribution in [0.4, 0.5) is 0 Å². The van der Waals surface area contributed by atoms with Gasteiger partial charge in [0.25, 0.3) is 0 Å². The zero-order valence-electron chi connectivity index (χ0n) is 10.9. The second-order valence-corrected chi connectivity index (χ2v) is 5.66. The lowest BCUT2D eigenvalue weighted by atomic mass is 10.0. The number of hydrogen-bond acceptors (Lipinski definition) is 1. The van der Waals surface area contributed by atoms with Gasteiger partial charge in [-0.3, -0.25) is 0 Å².